The second-order valence-corrected chi connectivity index (χ2v) is 7.34. The number of benzene rings is 1. The van der Waals surface area contributed by atoms with E-state index in [-0.39, 0.29) is 29.9 Å². The van der Waals surface area contributed by atoms with Gasteiger partial charge in [0.1, 0.15) is 18.1 Å². The van der Waals surface area contributed by atoms with Gasteiger partial charge >= 0.3 is 0 Å². The number of allylic oxidation sites excluding steroid dienone is 2. The van der Waals surface area contributed by atoms with Crippen molar-refractivity contribution in [3.05, 3.63) is 57.2 Å². The van der Waals surface area contributed by atoms with Crippen molar-refractivity contribution in [2.75, 3.05) is 6.61 Å². The molecule has 1 aliphatic rings. The molecule has 2 atom stereocenters. The minimum atomic E-state index is -0.805. The molecular weight excluding hydrogens is 346 g/mol. The second-order valence-electron chi connectivity index (χ2n) is 7.34. The average Bonchev–Trinajstić information content (AvgIpc) is 2.59. The van der Waals surface area contributed by atoms with Gasteiger partial charge < -0.3 is 15.1 Å². The average molecular weight is 375 g/mol. The van der Waals surface area contributed by atoms with E-state index in [0.717, 1.165) is 48.8 Å². The summed E-state index contributed by atoms with van der Waals surface area (Å²) < 4.78 is 0. The summed E-state index contributed by atoms with van der Waals surface area (Å²) in [4.78, 5) is 15.0. The van der Waals surface area contributed by atoms with E-state index in [1.165, 1.54) is 0 Å². The predicted octanol–water partition coefficient (Wildman–Crippen LogP) is 5.03. The van der Waals surface area contributed by atoms with Crippen LogP contribution in [-0.4, -0.2) is 21.9 Å². The van der Waals surface area contributed by atoms with Gasteiger partial charge in [-0.2, -0.15) is 0 Å². The van der Waals surface area contributed by atoms with Gasteiger partial charge in [0.2, 0.25) is 0 Å². The minimum absolute atomic E-state index is 0.0482. The molecule has 0 saturated heterocycles. The molecule has 0 aromatic heterocycles. The molecule has 0 fully saturated rings. The minimum Gasteiger partial charge on any atom is -0.507 e. The lowest BCUT2D eigenvalue weighted by Gasteiger charge is -2.32. The Labute approximate surface area is 160 Å². The number of phenolic OH excluding ortho intramolecular Hbond substituents is 2. The standard InChI is InChI=1S/C21H29NO5/c1-4-5-6-7-15-11-19(23)21(20(24)12-15)18-10-16(13-27-22(25)26)8-9-17(18)14(2)3/h10-12,17-18,23-24H,2,4-9,13H2,1,3H3/t17-,18+/m1/s1. The van der Waals surface area contributed by atoms with E-state index in [2.05, 4.69) is 18.3 Å². The Balaban J connectivity index is 2.33. The molecule has 1 aromatic carbocycles. The number of unbranched alkanes of at least 4 members (excludes halogenated alkanes) is 2. The van der Waals surface area contributed by atoms with Gasteiger partial charge in [0, 0.05) is 11.5 Å². The summed E-state index contributed by atoms with van der Waals surface area (Å²) >= 11 is 0. The molecule has 0 radical (unpaired) electrons. The van der Waals surface area contributed by atoms with Crippen molar-refractivity contribution in [2.45, 2.75) is 58.3 Å². The van der Waals surface area contributed by atoms with Crippen LogP contribution in [0.4, 0.5) is 0 Å². The van der Waals surface area contributed by atoms with E-state index < -0.39 is 5.09 Å². The maximum atomic E-state index is 10.6. The Kier molecular flexibility index (Phi) is 7.28. The third-order valence-electron chi connectivity index (χ3n) is 5.21. The zero-order valence-corrected chi connectivity index (χ0v) is 16.1. The molecule has 2 rings (SSSR count). The monoisotopic (exact) mass is 375 g/mol. The van der Waals surface area contributed by atoms with Crippen molar-refractivity contribution in [3.63, 3.8) is 0 Å². The van der Waals surface area contributed by atoms with Crippen molar-refractivity contribution in [1.82, 2.24) is 0 Å². The number of aryl methyl sites for hydroxylation is 1. The molecule has 0 amide bonds. The van der Waals surface area contributed by atoms with E-state index in [0.29, 0.717) is 12.0 Å². The van der Waals surface area contributed by atoms with Gasteiger partial charge in [-0.05, 0) is 61.8 Å². The van der Waals surface area contributed by atoms with E-state index in [1.54, 1.807) is 12.1 Å². The molecule has 1 aromatic rings. The number of hydrogen-bond acceptors (Lipinski definition) is 5. The Hall–Kier alpha value is -2.50. The van der Waals surface area contributed by atoms with E-state index >= 15 is 0 Å². The summed E-state index contributed by atoms with van der Waals surface area (Å²) in [6, 6.07) is 3.44. The van der Waals surface area contributed by atoms with E-state index in [4.69, 9.17) is 0 Å². The molecule has 0 unspecified atom stereocenters. The number of hydrogen-bond donors (Lipinski definition) is 2. The molecule has 0 heterocycles. The van der Waals surface area contributed by atoms with Gasteiger partial charge in [-0.1, -0.05) is 38.0 Å². The van der Waals surface area contributed by atoms with Gasteiger partial charge in [-0.25, -0.2) is 0 Å². The molecule has 0 saturated carbocycles. The maximum Gasteiger partial charge on any atom is 0.294 e. The number of nitrogens with zero attached hydrogens (tertiary/aromatic N) is 1. The molecule has 0 spiro atoms. The fraction of sp³-hybridized carbons (Fsp3) is 0.524. The highest BCUT2D eigenvalue weighted by Gasteiger charge is 2.31. The normalized spacial score (nSPS) is 19.4. The first kappa shape index (κ1) is 20.8. The van der Waals surface area contributed by atoms with Gasteiger partial charge in [0.05, 0.1) is 0 Å². The summed E-state index contributed by atoms with van der Waals surface area (Å²) in [6.07, 6.45) is 7.31. The maximum absolute atomic E-state index is 10.6. The number of phenols is 2. The number of aromatic hydroxyl groups is 2. The van der Waals surface area contributed by atoms with Gasteiger partial charge in [-0.15, -0.1) is 10.1 Å². The summed E-state index contributed by atoms with van der Waals surface area (Å²) in [6.45, 7) is 8.01. The van der Waals surface area contributed by atoms with Crippen LogP contribution in [0.15, 0.2) is 35.9 Å². The highest BCUT2D eigenvalue weighted by molar-refractivity contribution is 5.52. The van der Waals surface area contributed by atoms with E-state index in [9.17, 15) is 20.3 Å². The van der Waals surface area contributed by atoms with Crippen LogP contribution in [-0.2, 0) is 11.3 Å². The molecule has 27 heavy (non-hydrogen) atoms. The first-order valence-corrected chi connectivity index (χ1v) is 9.50. The zero-order chi connectivity index (χ0) is 20.0. The van der Waals surface area contributed by atoms with Crippen LogP contribution >= 0.6 is 0 Å². The Morgan fingerprint density at radius 2 is 2.00 bits per heavy atom. The van der Waals surface area contributed by atoms with Crippen LogP contribution < -0.4 is 0 Å². The van der Waals surface area contributed by atoms with Crippen LogP contribution in [0, 0.1) is 16.0 Å². The molecule has 0 bridgehead atoms. The van der Waals surface area contributed by atoms with Crippen LogP contribution in [0.3, 0.4) is 0 Å². The van der Waals surface area contributed by atoms with Gasteiger partial charge in [0.15, 0.2) is 0 Å². The van der Waals surface area contributed by atoms with Gasteiger partial charge in [0.25, 0.3) is 5.09 Å². The molecule has 1 aliphatic carbocycles. The van der Waals surface area contributed by atoms with Crippen molar-refractivity contribution >= 4 is 0 Å². The van der Waals surface area contributed by atoms with Crippen molar-refractivity contribution in [3.8, 4) is 11.5 Å². The van der Waals surface area contributed by atoms with Crippen LogP contribution in [0.25, 0.3) is 0 Å². The predicted molar refractivity (Wildman–Crippen MR) is 104 cm³/mol. The van der Waals surface area contributed by atoms with E-state index in [1.807, 2.05) is 13.0 Å². The lowest BCUT2D eigenvalue weighted by atomic mass is 9.73. The molecule has 6 nitrogen and oxygen atoms in total. The molecule has 0 aliphatic heterocycles. The van der Waals surface area contributed by atoms with Crippen molar-refractivity contribution < 1.29 is 20.1 Å². The highest BCUT2D eigenvalue weighted by Crippen LogP contribution is 2.46. The van der Waals surface area contributed by atoms with Crippen LogP contribution in [0.1, 0.15) is 63.0 Å². The third kappa shape index (κ3) is 5.49. The summed E-state index contributed by atoms with van der Waals surface area (Å²) in [7, 11) is 0. The third-order valence-corrected chi connectivity index (χ3v) is 5.21. The largest absolute Gasteiger partial charge is 0.507 e. The Morgan fingerprint density at radius 3 is 2.56 bits per heavy atom. The topological polar surface area (TPSA) is 92.8 Å². The SMILES string of the molecule is C=C(C)[C@H]1CCC(CO[N+](=O)[O-])=C[C@@H]1c1c(O)cc(CCCCC)cc1O. The Morgan fingerprint density at radius 1 is 1.33 bits per heavy atom. The lowest BCUT2D eigenvalue weighted by molar-refractivity contribution is -0.755. The second kappa shape index (κ2) is 9.44. The summed E-state index contributed by atoms with van der Waals surface area (Å²) in [5, 5.41) is 30.9. The van der Waals surface area contributed by atoms with Gasteiger partial charge in [-0.3, -0.25) is 0 Å². The lowest BCUT2D eigenvalue weighted by Crippen LogP contribution is -2.19. The fourth-order valence-electron chi connectivity index (χ4n) is 3.81. The van der Waals surface area contributed by atoms with Crippen molar-refractivity contribution in [2.24, 2.45) is 5.92 Å². The Bertz CT molecular complexity index is 702. The highest BCUT2D eigenvalue weighted by atomic mass is 16.9. The first-order chi connectivity index (χ1) is 12.8. The smallest absolute Gasteiger partial charge is 0.294 e. The quantitative estimate of drug-likeness (QED) is 0.273. The summed E-state index contributed by atoms with van der Waals surface area (Å²) in [5.74, 6) is -0.116. The van der Waals surface area contributed by atoms with Crippen LogP contribution in [0.2, 0.25) is 0 Å². The number of rotatable bonds is 9. The molecule has 2 N–H and O–H groups in total. The molecule has 148 valence electrons. The summed E-state index contributed by atoms with van der Waals surface area (Å²) in [5.41, 5.74) is 3.11. The first-order valence-electron chi connectivity index (χ1n) is 9.50. The van der Waals surface area contributed by atoms with Crippen molar-refractivity contribution in [1.29, 1.82) is 0 Å². The van der Waals surface area contributed by atoms with Crippen LogP contribution in [0.5, 0.6) is 11.5 Å². The fourth-order valence-corrected chi connectivity index (χ4v) is 3.81. The molecular formula is C21H29NO5. The molecule has 6 heteroatoms. The zero-order valence-electron chi connectivity index (χ0n) is 16.1.